The van der Waals surface area contributed by atoms with Crippen LogP contribution in [-0.4, -0.2) is 13.1 Å². The second-order valence-electron chi connectivity index (χ2n) is 3.09. The van der Waals surface area contributed by atoms with E-state index in [0.29, 0.717) is 0 Å². The third-order valence-corrected chi connectivity index (χ3v) is 2.18. The minimum absolute atomic E-state index is 0.275. The summed E-state index contributed by atoms with van der Waals surface area (Å²) in [6.45, 7) is 5.80. The molecule has 0 aliphatic carbocycles. The Balaban J connectivity index is 2.71. The van der Waals surface area contributed by atoms with Gasteiger partial charge in [-0.05, 0) is 36.6 Å². The first-order valence-corrected chi connectivity index (χ1v) is 4.47. The van der Waals surface area contributed by atoms with Gasteiger partial charge < -0.3 is 4.74 Å². The van der Waals surface area contributed by atoms with Gasteiger partial charge in [0.25, 0.3) is 0 Å². The van der Waals surface area contributed by atoms with Crippen LogP contribution in [0.3, 0.4) is 0 Å². The molecular weight excluding hydrogens is 176 g/mol. The van der Waals surface area contributed by atoms with E-state index in [9.17, 15) is 4.79 Å². The van der Waals surface area contributed by atoms with Crippen molar-refractivity contribution >= 4 is 12.5 Å². The molecule has 0 fully saturated rings. The molecule has 0 bridgehead atoms. The fourth-order valence-corrected chi connectivity index (χ4v) is 1.21. The molecule has 0 unspecified atom stereocenters. The maximum atomic E-state index is 9.76. The average Bonchev–Trinajstić information content (AvgIpc) is 2.19. The molecule has 2 nitrogen and oxygen atoms in total. The highest BCUT2D eigenvalue weighted by molar-refractivity contribution is 5.55. The first-order chi connectivity index (χ1) is 6.75. The van der Waals surface area contributed by atoms with E-state index in [1.807, 2.05) is 18.2 Å². The van der Waals surface area contributed by atoms with Crippen LogP contribution in [0.1, 0.15) is 16.7 Å². The van der Waals surface area contributed by atoms with E-state index in [4.69, 9.17) is 0 Å². The third kappa shape index (κ3) is 2.73. The molecule has 0 spiro atoms. The van der Waals surface area contributed by atoms with Gasteiger partial charge in [0.15, 0.2) is 0 Å². The summed E-state index contributed by atoms with van der Waals surface area (Å²) in [5.74, 6) is 0. The summed E-state index contributed by atoms with van der Waals surface area (Å²) in [7, 11) is 0. The molecule has 1 aromatic rings. The third-order valence-electron chi connectivity index (χ3n) is 2.18. The minimum Gasteiger partial charge on any atom is -0.453 e. The predicted molar refractivity (Wildman–Crippen MR) is 56.6 cm³/mol. The second kappa shape index (κ2) is 5.22. The maximum absolute atomic E-state index is 9.76. The molecule has 0 saturated heterocycles. The number of hydrogen-bond donors (Lipinski definition) is 0. The number of ether oxygens (including phenoxy) is 1. The topological polar surface area (TPSA) is 26.3 Å². The van der Waals surface area contributed by atoms with E-state index in [0.717, 1.165) is 5.56 Å². The molecule has 0 N–H and O–H groups in total. The fraction of sp³-hybridized carbons (Fsp3) is 0.250. The molecule has 0 aliphatic heterocycles. The number of aryl methyl sites for hydroxylation is 1. The highest BCUT2D eigenvalue weighted by Gasteiger charge is 1.95. The van der Waals surface area contributed by atoms with E-state index in [1.165, 1.54) is 17.6 Å². The van der Waals surface area contributed by atoms with Gasteiger partial charge >= 0.3 is 6.47 Å². The maximum Gasteiger partial charge on any atom is 0.417 e. The highest BCUT2D eigenvalue weighted by Crippen LogP contribution is 2.13. The fourth-order valence-electron chi connectivity index (χ4n) is 1.21. The minimum atomic E-state index is 0.275. The summed E-state index contributed by atoms with van der Waals surface area (Å²) in [5, 5.41) is 0. The van der Waals surface area contributed by atoms with Crippen LogP contribution in [0.2, 0.25) is 0 Å². The lowest BCUT2D eigenvalue weighted by Gasteiger charge is -2.03. The van der Waals surface area contributed by atoms with Gasteiger partial charge in [0.2, 0.25) is 0 Å². The predicted octanol–water partition coefficient (Wildman–Crippen LogP) is 2.40. The lowest BCUT2D eigenvalue weighted by molar-refractivity contribution is 0.314. The molecule has 73 valence electrons. The van der Waals surface area contributed by atoms with Crippen molar-refractivity contribution in [1.29, 1.82) is 0 Å². The first-order valence-electron chi connectivity index (χ1n) is 4.47. The van der Waals surface area contributed by atoms with Crippen molar-refractivity contribution in [2.45, 2.75) is 13.8 Å². The Morgan fingerprint density at radius 3 is 2.93 bits per heavy atom. The van der Waals surface area contributed by atoms with Crippen LogP contribution >= 0.6 is 0 Å². The van der Waals surface area contributed by atoms with Crippen LogP contribution in [0, 0.1) is 13.8 Å². The summed E-state index contributed by atoms with van der Waals surface area (Å²) >= 11 is 0. The summed E-state index contributed by atoms with van der Waals surface area (Å²) in [6.07, 6.45) is 3.74. The summed E-state index contributed by atoms with van der Waals surface area (Å²) in [6, 6.07) is 6.11. The molecule has 0 aliphatic rings. The van der Waals surface area contributed by atoms with Crippen molar-refractivity contribution in [3.63, 3.8) is 0 Å². The van der Waals surface area contributed by atoms with Gasteiger partial charge in [0, 0.05) is 0 Å². The van der Waals surface area contributed by atoms with E-state index in [1.54, 1.807) is 6.08 Å². The number of carbonyl (C=O) groups excluding carboxylic acids is 1. The van der Waals surface area contributed by atoms with Gasteiger partial charge in [0.05, 0.1) is 0 Å². The standard InChI is InChI=1S/C12H13O2/c1-10-5-3-6-12(11(10)2)7-4-8-14-9-13/h3-7H,8H2,1-2H3. The van der Waals surface area contributed by atoms with Crippen LogP contribution in [-0.2, 0) is 9.53 Å². The van der Waals surface area contributed by atoms with E-state index >= 15 is 0 Å². The van der Waals surface area contributed by atoms with Gasteiger partial charge in [-0.3, -0.25) is 0 Å². The van der Waals surface area contributed by atoms with Crippen LogP contribution in [0.15, 0.2) is 24.3 Å². The van der Waals surface area contributed by atoms with Gasteiger partial charge in [-0.25, -0.2) is 4.79 Å². The number of hydrogen-bond acceptors (Lipinski definition) is 2. The zero-order chi connectivity index (χ0) is 10.4. The summed E-state index contributed by atoms with van der Waals surface area (Å²) < 4.78 is 4.43. The van der Waals surface area contributed by atoms with Crippen LogP contribution in [0.25, 0.3) is 6.08 Å². The molecule has 0 heterocycles. The Hall–Kier alpha value is -1.57. The van der Waals surface area contributed by atoms with E-state index in [-0.39, 0.29) is 6.61 Å². The van der Waals surface area contributed by atoms with Crippen molar-refractivity contribution < 1.29 is 9.53 Å². The van der Waals surface area contributed by atoms with Gasteiger partial charge in [-0.1, -0.05) is 24.3 Å². The molecule has 1 aromatic carbocycles. The van der Waals surface area contributed by atoms with Crippen molar-refractivity contribution in [2.24, 2.45) is 0 Å². The quantitative estimate of drug-likeness (QED) is 0.680. The van der Waals surface area contributed by atoms with Gasteiger partial charge in [0.1, 0.15) is 6.61 Å². The Morgan fingerprint density at radius 2 is 2.21 bits per heavy atom. The smallest absolute Gasteiger partial charge is 0.417 e. The molecule has 2 heteroatoms. The van der Waals surface area contributed by atoms with Crippen molar-refractivity contribution in [3.8, 4) is 0 Å². The molecule has 1 radical (unpaired) electrons. The Morgan fingerprint density at radius 1 is 1.43 bits per heavy atom. The van der Waals surface area contributed by atoms with Crippen LogP contribution < -0.4 is 0 Å². The Labute approximate surface area is 84.2 Å². The van der Waals surface area contributed by atoms with Gasteiger partial charge in [-0.15, -0.1) is 0 Å². The molecular formula is C12H13O2. The summed E-state index contributed by atoms with van der Waals surface area (Å²) in [5.41, 5.74) is 3.66. The average molecular weight is 189 g/mol. The lowest BCUT2D eigenvalue weighted by Crippen LogP contribution is -1.87. The molecule has 0 aromatic heterocycles. The first kappa shape index (κ1) is 10.5. The molecule has 1 rings (SSSR count). The van der Waals surface area contributed by atoms with Crippen LogP contribution in [0.4, 0.5) is 0 Å². The Kier molecular flexibility index (Phi) is 3.92. The monoisotopic (exact) mass is 189 g/mol. The molecule has 0 amide bonds. The normalized spacial score (nSPS) is 10.4. The molecule has 0 atom stereocenters. The second-order valence-corrected chi connectivity index (χ2v) is 3.09. The molecule has 14 heavy (non-hydrogen) atoms. The lowest BCUT2D eigenvalue weighted by atomic mass is 10.0. The molecule has 0 saturated carbocycles. The van der Waals surface area contributed by atoms with E-state index < -0.39 is 0 Å². The van der Waals surface area contributed by atoms with Crippen molar-refractivity contribution in [3.05, 3.63) is 41.0 Å². The highest BCUT2D eigenvalue weighted by atomic mass is 16.5. The zero-order valence-electron chi connectivity index (χ0n) is 8.41. The number of benzene rings is 1. The van der Waals surface area contributed by atoms with Crippen molar-refractivity contribution in [1.82, 2.24) is 0 Å². The van der Waals surface area contributed by atoms with Crippen molar-refractivity contribution in [2.75, 3.05) is 6.61 Å². The zero-order valence-corrected chi connectivity index (χ0v) is 8.41. The SMILES string of the molecule is Cc1cccc(C=CCO[C]=O)c1C. The largest absolute Gasteiger partial charge is 0.453 e. The van der Waals surface area contributed by atoms with E-state index in [2.05, 4.69) is 24.7 Å². The van der Waals surface area contributed by atoms with Crippen LogP contribution in [0.5, 0.6) is 0 Å². The summed E-state index contributed by atoms with van der Waals surface area (Å²) in [4.78, 5) is 9.76. The Bertz CT molecular complexity index is 340. The number of rotatable bonds is 4. The van der Waals surface area contributed by atoms with Gasteiger partial charge in [-0.2, -0.15) is 0 Å².